The van der Waals surface area contributed by atoms with E-state index in [1.165, 1.54) is 24.4 Å². The average molecular weight is 592 g/mol. The van der Waals surface area contributed by atoms with Gasteiger partial charge in [0.2, 0.25) is 11.7 Å². The highest BCUT2D eigenvalue weighted by molar-refractivity contribution is 6.19. The Morgan fingerprint density at radius 1 is 1.16 bits per heavy atom. The molecule has 0 bridgehead atoms. The molecule has 1 atom stereocenters. The molecular formula is C30H31F2N7O4. The minimum absolute atomic E-state index is 0.0616. The molecule has 4 aromatic heterocycles. The number of aromatic amines is 1. The number of carbonyl (C=O) groups excluding carboxylic acids is 1. The molecule has 43 heavy (non-hydrogen) atoms. The number of nitrogens with one attached hydrogen (secondary N) is 1. The van der Waals surface area contributed by atoms with Crippen molar-refractivity contribution < 1.29 is 27.8 Å². The molecule has 1 saturated heterocycles. The van der Waals surface area contributed by atoms with Crippen LogP contribution < -0.4 is 15.2 Å². The Bertz CT molecular complexity index is 1880. The van der Waals surface area contributed by atoms with Gasteiger partial charge in [0.1, 0.15) is 17.1 Å². The fourth-order valence-corrected chi connectivity index (χ4v) is 5.68. The van der Waals surface area contributed by atoms with Crippen molar-refractivity contribution in [3.63, 3.8) is 0 Å². The third-order valence-corrected chi connectivity index (χ3v) is 7.69. The molecule has 1 aliphatic heterocycles. The van der Waals surface area contributed by atoms with E-state index in [9.17, 15) is 13.6 Å². The number of halogens is 2. The molecular weight excluding hydrogens is 560 g/mol. The van der Waals surface area contributed by atoms with Gasteiger partial charge in [-0.3, -0.25) is 19.2 Å². The van der Waals surface area contributed by atoms with E-state index in [0.29, 0.717) is 39.2 Å². The highest BCUT2D eigenvalue weighted by atomic mass is 19.3. The molecule has 5 heterocycles. The quantitative estimate of drug-likeness (QED) is 0.200. The van der Waals surface area contributed by atoms with E-state index in [4.69, 9.17) is 19.9 Å². The number of hydrogen-bond acceptors (Lipinski definition) is 9. The van der Waals surface area contributed by atoms with E-state index in [2.05, 4.69) is 19.9 Å². The molecule has 1 aliphatic rings. The Labute approximate surface area is 245 Å². The number of fused-ring (bicyclic) bond motifs is 2. The highest BCUT2D eigenvalue weighted by Gasteiger charge is 2.49. The number of anilines is 1. The minimum atomic E-state index is -3.00. The van der Waals surface area contributed by atoms with Crippen molar-refractivity contribution in [1.82, 2.24) is 29.4 Å². The number of H-pyrrole nitrogens is 1. The number of aromatic nitrogens is 5. The van der Waals surface area contributed by atoms with Crippen LogP contribution in [0, 0.1) is 20.8 Å². The van der Waals surface area contributed by atoms with Crippen molar-refractivity contribution in [1.29, 1.82) is 0 Å². The molecule has 1 aromatic carbocycles. The molecule has 0 saturated carbocycles. The number of rotatable bonds is 8. The van der Waals surface area contributed by atoms with Crippen LogP contribution in [0.4, 0.5) is 14.6 Å². The van der Waals surface area contributed by atoms with Crippen molar-refractivity contribution in [3.8, 4) is 17.3 Å². The van der Waals surface area contributed by atoms with Gasteiger partial charge in [-0.25, -0.2) is 18.7 Å². The number of nitrogens with two attached hydrogens (primary N) is 1. The second-order valence-electron chi connectivity index (χ2n) is 10.8. The van der Waals surface area contributed by atoms with Gasteiger partial charge in [-0.05, 0) is 51.1 Å². The number of carbonyl (C=O) groups is 1. The summed E-state index contributed by atoms with van der Waals surface area (Å²) in [5, 5.41) is 0. The van der Waals surface area contributed by atoms with E-state index < -0.39 is 17.8 Å². The first-order valence-corrected chi connectivity index (χ1v) is 13.6. The van der Waals surface area contributed by atoms with Crippen molar-refractivity contribution >= 4 is 33.8 Å². The minimum Gasteiger partial charge on any atom is -0.467 e. The smallest absolute Gasteiger partial charge is 0.297 e. The maximum Gasteiger partial charge on any atom is 0.297 e. The van der Waals surface area contributed by atoms with Crippen LogP contribution in [0.3, 0.4) is 0 Å². The number of benzene rings is 1. The van der Waals surface area contributed by atoms with Crippen LogP contribution in [0.2, 0.25) is 0 Å². The molecule has 5 aromatic rings. The molecule has 0 radical (unpaired) electrons. The molecule has 13 heteroatoms. The van der Waals surface area contributed by atoms with Crippen LogP contribution in [0.1, 0.15) is 32.7 Å². The van der Waals surface area contributed by atoms with Crippen molar-refractivity contribution in [2.45, 2.75) is 32.8 Å². The van der Waals surface area contributed by atoms with Gasteiger partial charge in [0, 0.05) is 37.7 Å². The number of nitrogen functional groups attached to an aromatic ring is 1. The summed E-state index contributed by atoms with van der Waals surface area (Å²) in [7, 11) is 3.15. The number of alkyl halides is 2. The van der Waals surface area contributed by atoms with Gasteiger partial charge in [0.05, 0.1) is 34.5 Å². The third-order valence-electron chi connectivity index (χ3n) is 7.69. The predicted octanol–water partition coefficient (Wildman–Crippen LogP) is 4.35. The third kappa shape index (κ3) is 4.83. The first kappa shape index (κ1) is 28.5. The van der Waals surface area contributed by atoms with Crippen LogP contribution in [0.15, 0.2) is 36.7 Å². The zero-order chi connectivity index (χ0) is 30.6. The van der Waals surface area contributed by atoms with E-state index in [1.807, 2.05) is 26.0 Å². The number of hydrogen-bond donors (Lipinski definition) is 2. The lowest BCUT2D eigenvalue weighted by Gasteiger charge is -2.19. The second kappa shape index (κ2) is 10.6. The molecule has 3 N–H and O–H groups in total. The Kier molecular flexibility index (Phi) is 7.01. The van der Waals surface area contributed by atoms with E-state index in [1.54, 1.807) is 30.7 Å². The summed E-state index contributed by atoms with van der Waals surface area (Å²) in [6, 6.07) is 6.88. The molecule has 1 fully saturated rings. The molecule has 0 unspecified atom stereocenters. The number of likely N-dealkylation sites (N-methyl/N-ethyl adjacent to an activating group) is 1. The number of methoxy groups -OCH3 is 1. The first-order chi connectivity index (χ1) is 20.5. The highest BCUT2D eigenvalue weighted by Crippen LogP contribution is 2.37. The summed E-state index contributed by atoms with van der Waals surface area (Å²) in [5.41, 5.74) is 11.9. The van der Waals surface area contributed by atoms with Crippen LogP contribution >= 0.6 is 0 Å². The zero-order valence-electron chi connectivity index (χ0n) is 24.4. The molecule has 11 nitrogen and oxygen atoms in total. The van der Waals surface area contributed by atoms with E-state index in [0.717, 1.165) is 11.1 Å². The predicted molar refractivity (Wildman–Crippen MR) is 156 cm³/mol. The van der Waals surface area contributed by atoms with Gasteiger partial charge in [-0.2, -0.15) is 0 Å². The average Bonchev–Trinajstić information content (AvgIpc) is 3.59. The number of aryl methyl sites for hydroxylation is 2. The number of ether oxygens (including phenoxy) is 3. The van der Waals surface area contributed by atoms with Gasteiger partial charge < -0.3 is 24.9 Å². The summed E-state index contributed by atoms with van der Waals surface area (Å²) < 4.78 is 46.9. The van der Waals surface area contributed by atoms with Gasteiger partial charge in [-0.1, -0.05) is 6.07 Å². The maximum absolute atomic E-state index is 14.4. The van der Waals surface area contributed by atoms with Crippen LogP contribution in [-0.2, 0) is 4.74 Å². The normalized spacial score (nSPS) is 16.8. The summed E-state index contributed by atoms with van der Waals surface area (Å²) in [6.07, 6.45) is 1.71. The zero-order valence-corrected chi connectivity index (χ0v) is 24.4. The first-order valence-electron chi connectivity index (χ1n) is 13.6. The van der Waals surface area contributed by atoms with Gasteiger partial charge >= 0.3 is 0 Å². The molecule has 0 aliphatic carbocycles. The van der Waals surface area contributed by atoms with E-state index in [-0.39, 0.29) is 42.8 Å². The monoisotopic (exact) mass is 591 g/mol. The van der Waals surface area contributed by atoms with Gasteiger partial charge in [0.15, 0.2) is 18.5 Å². The fourth-order valence-electron chi connectivity index (χ4n) is 5.68. The Morgan fingerprint density at radius 3 is 2.65 bits per heavy atom. The topological polar surface area (TPSA) is 133 Å². The standard InChI is InChI=1S/C30H31F2N7O4/c1-15-6-7-20(42-14-41-5)17(3)26(15)39-28(33)23(25-29(39)35-9-8-34-25)27(40)19-11-18-24(37-19)16(2)10-22(36-18)43-21-12-38(4)13-30(21,31)32/h6-11,21,37H,12-14,33H2,1-5H3/t21-/m0/s1. The summed E-state index contributed by atoms with van der Waals surface area (Å²) in [4.78, 5) is 32.1. The number of likely N-dealkylation sites (tertiary alicyclic amines) is 1. The Morgan fingerprint density at radius 2 is 1.93 bits per heavy atom. The second-order valence-corrected chi connectivity index (χ2v) is 10.8. The summed E-state index contributed by atoms with van der Waals surface area (Å²) in [6.45, 7) is 5.36. The number of pyridine rings is 1. The Hall–Kier alpha value is -4.62. The van der Waals surface area contributed by atoms with Crippen molar-refractivity contribution in [3.05, 3.63) is 64.6 Å². The van der Waals surface area contributed by atoms with Crippen molar-refractivity contribution in [2.24, 2.45) is 0 Å². The van der Waals surface area contributed by atoms with Crippen LogP contribution in [0.25, 0.3) is 27.9 Å². The van der Waals surface area contributed by atoms with Gasteiger partial charge in [0.25, 0.3) is 5.92 Å². The molecule has 6 rings (SSSR count). The number of nitrogens with zero attached hydrogens (tertiary/aromatic N) is 5. The van der Waals surface area contributed by atoms with E-state index >= 15 is 0 Å². The van der Waals surface area contributed by atoms with Crippen molar-refractivity contribution in [2.75, 3.05) is 39.8 Å². The molecule has 0 amide bonds. The van der Waals surface area contributed by atoms with Gasteiger partial charge in [-0.15, -0.1) is 0 Å². The number of ketones is 1. The molecule has 0 spiro atoms. The Balaban J connectivity index is 1.43. The maximum atomic E-state index is 14.4. The summed E-state index contributed by atoms with van der Waals surface area (Å²) >= 11 is 0. The lowest BCUT2D eigenvalue weighted by atomic mass is 10.1. The molecule has 224 valence electrons. The lowest BCUT2D eigenvalue weighted by molar-refractivity contribution is -0.0628. The lowest BCUT2D eigenvalue weighted by Crippen LogP contribution is -2.36. The fraction of sp³-hybridized carbons (Fsp3) is 0.333. The summed E-state index contributed by atoms with van der Waals surface area (Å²) in [5.74, 6) is -2.62. The SMILES string of the molecule is COCOc1ccc(C)c(-n2c(N)c(C(=O)c3cc4nc(O[C@H]5CN(C)CC5(F)F)cc(C)c4[nH]3)c3nccnc32)c1C. The van der Waals surface area contributed by atoms with Crippen LogP contribution in [-0.4, -0.2) is 81.3 Å². The largest absolute Gasteiger partial charge is 0.467 e. The van der Waals surface area contributed by atoms with Crippen LogP contribution in [0.5, 0.6) is 11.6 Å².